The van der Waals surface area contributed by atoms with Crippen molar-refractivity contribution in [2.45, 2.75) is 26.2 Å². The van der Waals surface area contributed by atoms with Crippen LogP contribution in [0.1, 0.15) is 31.7 Å². The number of hydrogen-bond acceptors (Lipinski definition) is 3. The second kappa shape index (κ2) is 5.40. The highest BCUT2D eigenvalue weighted by atomic mass is 16.2. The van der Waals surface area contributed by atoms with Crippen LogP contribution in [0.15, 0.2) is 24.3 Å². The number of anilines is 1. The van der Waals surface area contributed by atoms with Gasteiger partial charge in [-0.3, -0.25) is 4.79 Å². The van der Waals surface area contributed by atoms with Crippen LogP contribution >= 0.6 is 0 Å². The molecule has 21 heavy (non-hydrogen) atoms. The van der Waals surface area contributed by atoms with Crippen LogP contribution in [0.2, 0.25) is 0 Å². The Bertz CT molecular complexity index is 576. The molecule has 2 heterocycles. The van der Waals surface area contributed by atoms with Crippen molar-refractivity contribution in [3.05, 3.63) is 29.8 Å². The smallest absolute Gasteiger partial charge is 0.222 e. The van der Waals surface area contributed by atoms with E-state index in [9.17, 15) is 4.79 Å². The van der Waals surface area contributed by atoms with E-state index in [1.165, 1.54) is 0 Å². The Balaban J connectivity index is 1.53. The fourth-order valence-corrected chi connectivity index (χ4v) is 3.40. The number of carbonyl (C=O) groups is 1. The van der Waals surface area contributed by atoms with Crippen LogP contribution in [0.4, 0.5) is 5.69 Å². The lowest BCUT2D eigenvalue weighted by atomic mass is 9.72. The molecule has 0 atom stereocenters. The highest BCUT2D eigenvalue weighted by Gasteiger charge is 2.53. The number of benzene rings is 1. The average molecular weight is 283 g/mol. The van der Waals surface area contributed by atoms with Gasteiger partial charge in [0.25, 0.3) is 0 Å². The second-order valence-corrected chi connectivity index (χ2v) is 6.34. The Morgan fingerprint density at radius 3 is 2.67 bits per heavy atom. The molecule has 4 heteroatoms. The van der Waals surface area contributed by atoms with Gasteiger partial charge in [0.2, 0.25) is 5.91 Å². The summed E-state index contributed by atoms with van der Waals surface area (Å²) >= 11 is 0. The summed E-state index contributed by atoms with van der Waals surface area (Å²) < 4.78 is 0. The summed E-state index contributed by atoms with van der Waals surface area (Å²) in [6.07, 6.45) is 2.75. The van der Waals surface area contributed by atoms with Crippen molar-refractivity contribution in [2.24, 2.45) is 5.41 Å². The van der Waals surface area contributed by atoms with Crippen LogP contribution in [0.3, 0.4) is 0 Å². The van der Waals surface area contributed by atoms with Gasteiger partial charge in [0, 0.05) is 38.0 Å². The second-order valence-electron chi connectivity index (χ2n) is 6.34. The van der Waals surface area contributed by atoms with Crippen molar-refractivity contribution in [1.29, 1.82) is 5.26 Å². The van der Waals surface area contributed by atoms with E-state index in [0.717, 1.165) is 50.3 Å². The first kappa shape index (κ1) is 13.9. The standard InChI is InChI=1S/C17H21N3O/c1-2-3-8-16(21)20-12-17(13-20)10-19(11-17)15-7-5-4-6-14(15)9-18/h4-7H,2-3,8,10-13H2,1H3. The van der Waals surface area contributed by atoms with Gasteiger partial charge in [-0.1, -0.05) is 25.5 Å². The summed E-state index contributed by atoms with van der Waals surface area (Å²) in [5.41, 5.74) is 2.05. The van der Waals surface area contributed by atoms with E-state index in [1.807, 2.05) is 29.2 Å². The first-order valence-electron chi connectivity index (χ1n) is 7.69. The lowest BCUT2D eigenvalue weighted by Crippen LogP contribution is -2.73. The highest BCUT2D eigenvalue weighted by Crippen LogP contribution is 2.42. The third-order valence-corrected chi connectivity index (χ3v) is 4.57. The Labute approximate surface area is 126 Å². The van der Waals surface area contributed by atoms with Gasteiger partial charge >= 0.3 is 0 Å². The van der Waals surface area contributed by atoms with Gasteiger partial charge in [-0.2, -0.15) is 5.26 Å². The van der Waals surface area contributed by atoms with Crippen LogP contribution < -0.4 is 4.90 Å². The fourth-order valence-electron chi connectivity index (χ4n) is 3.40. The van der Waals surface area contributed by atoms with E-state index in [0.29, 0.717) is 12.3 Å². The minimum Gasteiger partial charge on any atom is -0.369 e. The van der Waals surface area contributed by atoms with Crippen LogP contribution in [0.25, 0.3) is 0 Å². The quantitative estimate of drug-likeness (QED) is 0.852. The molecule has 0 N–H and O–H groups in total. The predicted molar refractivity (Wildman–Crippen MR) is 81.9 cm³/mol. The number of amides is 1. The molecule has 1 aromatic rings. The normalized spacial score (nSPS) is 18.9. The molecule has 0 bridgehead atoms. The summed E-state index contributed by atoms with van der Waals surface area (Å²) in [4.78, 5) is 16.2. The fraction of sp³-hybridized carbons (Fsp3) is 0.529. The van der Waals surface area contributed by atoms with Crippen LogP contribution in [0.5, 0.6) is 0 Å². The van der Waals surface area contributed by atoms with E-state index in [-0.39, 0.29) is 5.41 Å². The summed E-state index contributed by atoms with van der Waals surface area (Å²) in [5, 5.41) is 9.16. The van der Waals surface area contributed by atoms with Crippen LogP contribution in [-0.4, -0.2) is 37.0 Å². The molecule has 110 valence electrons. The summed E-state index contributed by atoms with van der Waals surface area (Å²) in [6.45, 7) is 5.81. The Hall–Kier alpha value is -2.02. The van der Waals surface area contributed by atoms with Gasteiger partial charge in [-0.05, 0) is 18.6 Å². The molecule has 1 aromatic carbocycles. The lowest BCUT2D eigenvalue weighted by Gasteiger charge is -2.61. The van der Waals surface area contributed by atoms with Crippen molar-refractivity contribution < 1.29 is 4.79 Å². The molecule has 2 aliphatic rings. The topological polar surface area (TPSA) is 47.3 Å². The third kappa shape index (κ3) is 2.49. The zero-order valence-corrected chi connectivity index (χ0v) is 12.5. The molecule has 4 nitrogen and oxygen atoms in total. The number of hydrogen-bond donors (Lipinski definition) is 0. The third-order valence-electron chi connectivity index (χ3n) is 4.57. The van der Waals surface area contributed by atoms with Gasteiger partial charge in [0.1, 0.15) is 6.07 Å². The van der Waals surface area contributed by atoms with Crippen LogP contribution in [-0.2, 0) is 4.79 Å². The van der Waals surface area contributed by atoms with E-state index in [4.69, 9.17) is 5.26 Å². The lowest BCUT2D eigenvalue weighted by molar-refractivity contribution is -0.145. The summed E-state index contributed by atoms with van der Waals surface area (Å²) in [5.74, 6) is 0.304. The molecule has 2 saturated heterocycles. The molecule has 0 unspecified atom stereocenters. The zero-order chi connectivity index (χ0) is 14.9. The number of nitriles is 1. The highest BCUT2D eigenvalue weighted by molar-refractivity contribution is 5.77. The van der Waals surface area contributed by atoms with Crippen molar-refractivity contribution in [2.75, 3.05) is 31.1 Å². The van der Waals surface area contributed by atoms with Gasteiger partial charge < -0.3 is 9.80 Å². The van der Waals surface area contributed by atoms with Gasteiger partial charge in [-0.25, -0.2) is 0 Å². The monoisotopic (exact) mass is 283 g/mol. The predicted octanol–water partition coefficient (Wildman–Crippen LogP) is 2.40. The van der Waals surface area contributed by atoms with Gasteiger partial charge in [-0.15, -0.1) is 0 Å². The molecule has 0 aliphatic carbocycles. The minimum atomic E-state index is 0.282. The summed E-state index contributed by atoms with van der Waals surface area (Å²) in [7, 11) is 0. The van der Waals surface area contributed by atoms with E-state index < -0.39 is 0 Å². The Morgan fingerprint density at radius 1 is 1.29 bits per heavy atom. The number of rotatable bonds is 4. The molecule has 1 spiro atoms. The minimum absolute atomic E-state index is 0.282. The molecule has 0 aromatic heterocycles. The maximum atomic E-state index is 11.9. The zero-order valence-electron chi connectivity index (χ0n) is 12.5. The molecule has 2 fully saturated rings. The van der Waals surface area contributed by atoms with Gasteiger partial charge in [0.05, 0.1) is 11.3 Å². The molecule has 0 radical (unpaired) electrons. The number of para-hydroxylation sites is 1. The average Bonchev–Trinajstić information content (AvgIpc) is 2.42. The number of nitrogens with zero attached hydrogens (tertiary/aromatic N) is 3. The van der Waals surface area contributed by atoms with Crippen LogP contribution in [0, 0.1) is 16.7 Å². The molecule has 1 amide bonds. The van der Waals surface area contributed by atoms with Crippen molar-refractivity contribution in [3.63, 3.8) is 0 Å². The largest absolute Gasteiger partial charge is 0.369 e. The maximum absolute atomic E-state index is 11.9. The molecule has 3 rings (SSSR count). The SMILES string of the molecule is CCCCC(=O)N1CC2(C1)CN(c1ccccc1C#N)C2. The Morgan fingerprint density at radius 2 is 2.00 bits per heavy atom. The van der Waals surface area contributed by atoms with Crippen molar-refractivity contribution in [3.8, 4) is 6.07 Å². The van der Waals surface area contributed by atoms with E-state index >= 15 is 0 Å². The van der Waals surface area contributed by atoms with E-state index in [1.54, 1.807) is 0 Å². The van der Waals surface area contributed by atoms with Crippen molar-refractivity contribution >= 4 is 11.6 Å². The number of likely N-dealkylation sites (tertiary alicyclic amines) is 1. The molecular formula is C17H21N3O. The van der Waals surface area contributed by atoms with Gasteiger partial charge in [0.15, 0.2) is 0 Å². The first-order valence-corrected chi connectivity index (χ1v) is 7.69. The van der Waals surface area contributed by atoms with E-state index in [2.05, 4.69) is 17.9 Å². The summed E-state index contributed by atoms with van der Waals surface area (Å²) in [6, 6.07) is 10.00. The Kier molecular flexibility index (Phi) is 3.59. The molecule has 2 aliphatic heterocycles. The number of carbonyl (C=O) groups excluding carboxylic acids is 1. The molecular weight excluding hydrogens is 262 g/mol. The molecule has 0 saturated carbocycles. The first-order chi connectivity index (χ1) is 10.2. The maximum Gasteiger partial charge on any atom is 0.222 e. The number of unbranched alkanes of at least 4 members (excludes halogenated alkanes) is 1. The van der Waals surface area contributed by atoms with Crippen molar-refractivity contribution in [1.82, 2.24) is 4.90 Å².